The van der Waals surface area contributed by atoms with Crippen LogP contribution in [0.4, 0.5) is 5.69 Å². The van der Waals surface area contributed by atoms with E-state index in [1.165, 1.54) is 0 Å². The fourth-order valence-electron chi connectivity index (χ4n) is 2.95. The summed E-state index contributed by atoms with van der Waals surface area (Å²) in [6, 6.07) is 13.0. The normalized spacial score (nSPS) is 11.1. The molecule has 1 N–H and O–H groups in total. The first-order valence-corrected chi connectivity index (χ1v) is 9.62. The van der Waals surface area contributed by atoms with E-state index in [0.29, 0.717) is 10.6 Å². The predicted octanol–water partition coefficient (Wildman–Crippen LogP) is 5.31. The molecule has 0 bridgehead atoms. The fourth-order valence-corrected chi connectivity index (χ4v) is 3.93. The summed E-state index contributed by atoms with van der Waals surface area (Å²) in [6.45, 7) is 5.76. The molecule has 0 aliphatic rings. The Labute approximate surface area is 165 Å². The minimum Gasteiger partial charge on any atom is -0.322 e. The van der Waals surface area contributed by atoms with Crippen molar-refractivity contribution in [2.45, 2.75) is 20.8 Å². The number of anilines is 1. The Kier molecular flexibility index (Phi) is 4.45. The number of rotatable bonds is 3. The first kappa shape index (κ1) is 17.7. The van der Waals surface area contributed by atoms with Crippen LogP contribution in [0.15, 0.2) is 42.5 Å². The monoisotopic (exact) mass is 396 g/mol. The van der Waals surface area contributed by atoms with Crippen LogP contribution < -0.4 is 5.32 Å². The third-order valence-corrected chi connectivity index (χ3v) is 5.81. The van der Waals surface area contributed by atoms with Gasteiger partial charge < -0.3 is 5.32 Å². The fraction of sp³-hybridized carbons (Fsp3) is 0.150. The molecule has 1 amide bonds. The maximum atomic E-state index is 12.6. The van der Waals surface area contributed by atoms with E-state index in [-0.39, 0.29) is 5.91 Å². The zero-order chi connectivity index (χ0) is 19.1. The van der Waals surface area contributed by atoms with Crippen LogP contribution in [-0.4, -0.2) is 20.7 Å². The van der Waals surface area contributed by atoms with Crippen molar-refractivity contribution in [1.82, 2.24) is 14.8 Å². The van der Waals surface area contributed by atoms with Gasteiger partial charge in [0.15, 0.2) is 0 Å². The highest BCUT2D eigenvalue weighted by Gasteiger charge is 2.12. The number of aromatic nitrogens is 3. The summed E-state index contributed by atoms with van der Waals surface area (Å²) in [5, 5.41) is 9.04. The molecule has 2 aromatic heterocycles. The summed E-state index contributed by atoms with van der Waals surface area (Å²) < 4.78 is 2.83. The van der Waals surface area contributed by atoms with Crippen molar-refractivity contribution in [3.8, 4) is 5.69 Å². The van der Waals surface area contributed by atoms with E-state index in [9.17, 15) is 4.79 Å². The Morgan fingerprint density at radius 2 is 1.85 bits per heavy atom. The van der Waals surface area contributed by atoms with Crippen molar-refractivity contribution >= 4 is 44.7 Å². The van der Waals surface area contributed by atoms with Crippen molar-refractivity contribution < 1.29 is 4.79 Å². The first-order chi connectivity index (χ1) is 12.9. The van der Waals surface area contributed by atoms with Crippen molar-refractivity contribution in [1.29, 1.82) is 0 Å². The lowest BCUT2D eigenvalue weighted by atomic mass is 10.2. The summed E-state index contributed by atoms with van der Waals surface area (Å²) in [5.74, 6) is -0.159. The van der Waals surface area contributed by atoms with E-state index >= 15 is 0 Å². The highest BCUT2D eigenvalue weighted by molar-refractivity contribution is 7.18. The third-order valence-electron chi connectivity index (χ3n) is 4.33. The van der Waals surface area contributed by atoms with Gasteiger partial charge in [0.25, 0.3) is 5.91 Å². The Balaban J connectivity index is 1.55. The first-order valence-electron chi connectivity index (χ1n) is 8.43. The summed E-state index contributed by atoms with van der Waals surface area (Å²) in [6.07, 6.45) is 0. The molecule has 0 atom stereocenters. The van der Waals surface area contributed by atoms with E-state index in [4.69, 9.17) is 11.6 Å². The molecule has 27 heavy (non-hydrogen) atoms. The van der Waals surface area contributed by atoms with E-state index in [1.54, 1.807) is 28.2 Å². The molecule has 4 rings (SSSR count). The third kappa shape index (κ3) is 3.34. The molecule has 7 heteroatoms. The van der Waals surface area contributed by atoms with E-state index in [2.05, 4.69) is 15.4 Å². The minimum atomic E-state index is -0.159. The van der Waals surface area contributed by atoms with Gasteiger partial charge in [-0.15, -0.1) is 11.3 Å². The van der Waals surface area contributed by atoms with Crippen molar-refractivity contribution in [3.63, 3.8) is 0 Å². The average molecular weight is 397 g/mol. The second kappa shape index (κ2) is 6.79. The zero-order valence-electron chi connectivity index (χ0n) is 15.1. The van der Waals surface area contributed by atoms with Gasteiger partial charge in [-0.2, -0.15) is 5.10 Å². The maximum absolute atomic E-state index is 12.6. The molecule has 0 spiro atoms. The smallest absolute Gasteiger partial charge is 0.255 e. The lowest BCUT2D eigenvalue weighted by Gasteiger charge is -2.08. The molecule has 2 aromatic carbocycles. The van der Waals surface area contributed by atoms with Gasteiger partial charge >= 0.3 is 0 Å². The second-order valence-electron chi connectivity index (χ2n) is 6.31. The van der Waals surface area contributed by atoms with E-state index < -0.39 is 0 Å². The number of carbonyl (C=O) groups excluding carboxylic acids is 1. The minimum absolute atomic E-state index is 0.159. The lowest BCUT2D eigenvalue weighted by molar-refractivity contribution is 0.102. The van der Waals surface area contributed by atoms with Crippen molar-refractivity contribution in [2.24, 2.45) is 0 Å². The molecule has 0 saturated carbocycles. The molecule has 0 aliphatic heterocycles. The van der Waals surface area contributed by atoms with Crippen LogP contribution in [0, 0.1) is 20.8 Å². The maximum Gasteiger partial charge on any atom is 0.255 e. The number of carbonyl (C=O) groups is 1. The summed E-state index contributed by atoms with van der Waals surface area (Å²) >= 11 is 7.82. The molecular weight excluding hydrogens is 380 g/mol. The molecule has 136 valence electrons. The molecular formula is C20H17ClN4OS. The average Bonchev–Trinajstić information content (AvgIpc) is 3.15. The quantitative estimate of drug-likeness (QED) is 0.510. The van der Waals surface area contributed by atoms with Gasteiger partial charge in [-0.1, -0.05) is 11.6 Å². The SMILES string of the molecule is Cc1nc2ccc(NC(=O)c3ccc(-n4nc(C)c(Cl)c4C)cc3)cc2s1. The van der Waals surface area contributed by atoms with E-state index in [1.807, 2.05) is 51.1 Å². The van der Waals surface area contributed by atoms with Gasteiger partial charge in [0.2, 0.25) is 0 Å². The Morgan fingerprint density at radius 3 is 2.52 bits per heavy atom. The molecule has 0 aliphatic carbocycles. The number of hydrogen-bond donors (Lipinski definition) is 1. The summed E-state index contributed by atoms with van der Waals surface area (Å²) in [5.41, 5.74) is 4.80. The zero-order valence-corrected chi connectivity index (χ0v) is 16.6. The van der Waals surface area contributed by atoms with Gasteiger partial charge in [-0.3, -0.25) is 4.79 Å². The summed E-state index contributed by atoms with van der Waals surface area (Å²) in [4.78, 5) is 17.0. The molecule has 2 heterocycles. The Morgan fingerprint density at radius 1 is 1.11 bits per heavy atom. The number of thiazole rings is 1. The van der Waals surface area contributed by atoms with Gasteiger partial charge in [-0.25, -0.2) is 9.67 Å². The number of halogens is 1. The number of nitrogens with one attached hydrogen (secondary N) is 1. The standard InChI is InChI=1S/C20H17ClN4OS/c1-11-19(21)12(2)25(24-11)16-7-4-14(5-8-16)20(26)23-15-6-9-17-18(10-15)27-13(3)22-17/h4-10H,1-3H3,(H,23,26). The van der Waals surface area contributed by atoms with Crippen LogP contribution in [-0.2, 0) is 0 Å². The lowest BCUT2D eigenvalue weighted by Crippen LogP contribution is -2.12. The topological polar surface area (TPSA) is 59.8 Å². The summed E-state index contributed by atoms with van der Waals surface area (Å²) in [7, 11) is 0. The van der Waals surface area contributed by atoms with Gasteiger partial charge in [-0.05, 0) is 63.2 Å². The van der Waals surface area contributed by atoms with Gasteiger partial charge in [0.05, 0.1) is 37.3 Å². The molecule has 4 aromatic rings. The number of nitrogens with zero attached hydrogens (tertiary/aromatic N) is 3. The molecule has 5 nitrogen and oxygen atoms in total. The van der Waals surface area contributed by atoms with Gasteiger partial charge in [0, 0.05) is 11.3 Å². The van der Waals surface area contributed by atoms with Crippen molar-refractivity contribution in [2.75, 3.05) is 5.32 Å². The second-order valence-corrected chi connectivity index (χ2v) is 7.93. The van der Waals surface area contributed by atoms with Gasteiger partial charge in [0.1, 0.15) is 0 Å². The number of aryl methyl sites for hydroxylation is 2. The highest BCUT2D eigenvalue weighted by atomic mass is 35.5. The van der Waals surface area contributed by atoms with Crippen molar-refractivity contribution in [3.05, 3.63) is 69.4 Å². The van der Waals surface area contributed by atoms with E-state index in [0.717, 1.165) is 38.0 Å². The largest absolute Gasteiger partial charge is 0.322 e. The highest BCUT2D eigenvalue weighted by Crippen LogP contribution is 2.25. The number of fused-ring (bicyclic) bond motifs is 1. The Bertz CT molecular complexity index is 1160. The predicted molar refractivity (Wildman–Crippen MR) is 110 cm³/mol. The molecule has 0 radical (unpaired) electrons. The number of benzene rings is 2. The van der Waals surface area contributed by atoms with Crippen LogP contribution in [0.2, 0.25) is 5.02 Å². The number of hydrogen-bond acceptors (Lipinski definition) is 4. The molecule has 0 unspecified atom stereocenters. The van der Waals surface area contributed by atoms with Crippen LogP contribution in [0.25, 0.3) is 15.9 Å². The van der Waals surface area contributed by atoms with Crippen LogP contribution >= 0.6 is 22.9 Å². The molecule has 0 saturated heterocycles. The van der Waals surface area contributed by atoms with Crippen LogP contribution in [0.3, 0.4) is 0 Å². The van der Waals surface area contributed by atoms with Crippen LogP contribution in [0.1, 0.15) is 26.8 Å². The molecule has 0 fully saturated rings. The van der Waals surface area contributed by atoms with Crippen LogP contribution in [0.5, 0.6) is 0 Å². The Hall–Kier alpha value is -2.70. The number of amides is 1.